The number of benzene rings is 3. The fourth-order valence-corrected chi connectivity index (χ4v) is 3.50. The summed E-state index contributed by atoms with van der Waals surface area (Å²) in [5.74, 6) is -1.09. The summed E-state index contributed by atoms with van der Waals surface area (Å²) < 4.78 is 39.6. The van der Waals surface area contributed by atoms with E-state index in [0.29, 0.717) is 26.2 Å². The van der Waals surface area contributed by atoms with Crippen LogP contribution in [0.15, 0.2) is 59.7 Å². The average Bonchev–Trinajstić information content (AvgIpc) is 2.78. The van der Waals surface area contributed by atoms with Crippen LogP contribution in [0, 0.1) is 26.5 Å². The molecule has 0 aliphatic rings. The highest BCUT2D eigenvalue weighted by Gasteiger charge is 2.14. The van der Waals surface area contributed by atoms with Crippen molar-refractivity contribution in [2.24, 2.45) is 5.10 Å². The molecule has 3 rings (SSSR count). The van der Waals surface area contributed by atoms with Gasteiger partial charge in [0.15, 0.2) is 11.5 Å². The molecular weight excluding hydrogens is 531 g/mol. The van der Waals surface area contributed by atoms with Crippen molar-refractivity contribution in [2.45, 2.75) is 6.61 Å². The lowest BCUT2D eigenvalue weighted by Crippen LogP contribution is -2.19. The predicted molar refractivity (Wildman–Crippen MR) is 123 cm³/mol. The Morgan fingerprint density at radius 1 is 1.19 bits per heavy atom. The third-order valence-electron chi connectivity index (χ3n) is 4.30. The maximum Gasteiger partial charge on any atom is 0.274 e. The number of methoxy groups -OCH3 is 1. The van der Waals surface area contributed by atoms with Crippen LogP contribution in [0.1, 0.15) is 27.0 Å². The fourth-order valence-electron chi connectivity index (χ4n) is 2.71. The van der Waals surface area contributed by atoms with E-state index < -0.39 is 11.7 Å². The Kier molecular flexibility index (Phi) is 7.72. The standard InChI is InChI=1S/C23H16F2IN3O3/c1-31-21-10-15(9-20(26)22(21)32-13-16-4-2-3-5-18(16)24)12-28-29-23(30)17-7-6-14(11-27)8-19(17)25/h2-10,12H,13H2,1H3,(H,29,30)/b28-12-. The number of amides is 1. The van der Waals surface area contributed by atoms with Crippen molar-refractivity contribution in [1.29, 1.82) is 5.26 Å². The number of hydrazone groups is 1. The van der Waals surface area contributed by atoms with Crippen LogP contribution in [0.3, 0.4) is 0 Å². The Bertz CT molecular complexity index is 1230. The van der Waals surface area contributed by atoms with E-state index in [9.17, 15) is 13.6 Å². The van der Waals surface area contributed by atoms with E-state index in [0.717, 1.165) is 6.07 Å². The van der Waals surface area contributed by atoms with E-state index in [1.54, 1.807) is 36.4 Å². The first-order chi connectivity index (χ1) is 15.4. The summed E-state index contributed by atoms with van der Waals surface area (Å²) in [5.41, 5.74) is 3.12. The van der Waals surface area contributed by atoms with Gasteiger partial charge in [-0.15, -0.1) is 0 Å². The number of nitriles is 1. The first kappa shape index (κ1) is 23.1. The van der Waals surface area contributed by atoms with Crippen molar-refractivity contribution in [1.82, 2.24) is 5.43 Å². The number of carbonyl (C=O) groups excluding carboxylic acids is 1. The van der Waals surface area contributed by atoms with Crippen LogP contribution < -0.4 is 14.9 Å². The fraction of sp³-hybridized carbons (Fsp3) is 0.0870. The summed E-state index contributed by atoms with van der Waals surface area (Å²) in [6.07, 6.45) is 1.37. The van der Waals surface area contributed by atoms with E-state index in [2.05, 4.69) is 10.5 Å². The molecule has 0 fully saturated rings. The molecule has 1 N–H and O–H groups in total. The second-order valence-electron chi connectivity index (χ2n) is 6.42. The lowest BCUT2D eigenvalue weighted by molar-refractivity contribution is 0.0951. The zero-order chi connectivity index (χ0) is 23.1. The molecule has 9 heteroatoms. The van der Waals surface area contributed by atoms with Crippen molar-refractivity contribution in [2.75, 3.05) is 7.11 Å². The molecule has 32 heavy (non-hydrogen) atoms. The van der Waals surface area contributed by atoms with Gasteiger partial charge in [-0.3, -0.25) is 4.79 Å². The number of rotatable bonds is 7. The van der Waals surface area contributed by atoms with Crippen LogP contribution in [0.25, 0.3) is 0 Å². The number of hydrogen-bond donors (Lipinski definition) is 1. The predicted octanol–water partition coefficient (Wildman–Crippen LogP) is 4.79. The first-order valence-corrected chi connectivity index (χ1v) is 10.3. The zero-order valence-electron chi connectivity index (χ0n) is 16.7. The molecule has 0 saturated carbocycles. The zero-order valence-corrected chi connectivity index (χ0v) is 18.9. The molecule has 3 aromatic rings. The van der Waals surface area contributed by atoms with E-state index in [-0.39, 0.29) is 23.6 Å². The van der Waals surface area contributed by atoms with Gasteiger partial charge in [-0.25, -0.2) is 14.2 Å². The highest BCUT2D eigenvalue weighted by Crippen LogP contribution is 2.34. The van der Waals surface area contributed by atoms with Crippen LogP contribution in [0.5, 0.6) is 11.5 Å². The van der Waals surface area contributed by atoms with Crippen LogP contribution in [-0.4, -0.2) is 19.2 Å². The highest BCUT2D eigenvalue weighted by molar-refractivity contribution is 14.1. The maximum absolute atomic E-state index is 13.9. The molecule has 0 aliphatic heterocycles. The molecule has 0 spiro atoms. The van der Waals surface area contributed by atoms with Crippen molar-refractivity contribution in [3.8, 4) is 17.6 Å². The molecule has 162 valence electrons. The van der Waals surface area contributed by atoms with E-state index in [1.807, 2.05) is 22.6 Å². The Balaban J connectivity index is 1.71. The van der Waals surface area contributed by atoms with Crippen molar-refractivity contribution in [3.05, 3.63) is 92.1 Å². The summed E-state index contributed by atoms with van der Waals surface area (Å²) in [6.45, 7) is 0.0265. The van der Waals surface area contributed by atoms with Gasteiger partial charge in [0.25, 0.3) is 5.91 Å². The normalized spacial score (nSPS) is 10.6. The molecule has 1 amide bonds. The molecule has 0 saturated heterocycles. The monoisotopic (exact) mass is 547 g/mol. The van der Waals surface area contributed by atoms with E-state index in [1.165, 1.54) is 31.5 Å². The second-order valence-corrected chi connectivity index (χ2v) is 7.58. The van der Waals surface area contributed by atoms with Crippen LogP contribution in [0.4, 0.5) is 8.78 Å². The molecule has 3 aromatic carbocycles. The van der Waals surface area contributed by atoms with E-state index >= 15 is 0 Å². The lowest BCUT2D eigenvalue weighted by Gasteiger charge is -2.14. The number of carbonyl (C=O) groups is 1. The summed E-state index contributed by atoms with van der Waals surface area (Å²) in [6, 6.07) is 15.0. The summed E-state index contributed by atoms with van der Waals surface area (Å²) in [4.78, 5) is 12.1. The minimum atomic E-state index is -0.815. The molecule has 0 unspecified atom stereocenters. The molecule has 0 aliphatic carbocycles. The number of hydrogen-bond acceptors (Lipinski definition) is 5. The smallest absolute Gasteiger partial charge is 0.274 e. The Labute approximate surface area is 196 Å². The van der Waals surface area contributed by atoms with Gasteiger partial charge in [0.1, 0.15) is 18.2 Å². The minimum absolute atomic E-state index is 0.0265. The molecule has 0 bridgehead atoms. The summed E-state index contributed by atoms with van der Waals surface area (Å²) >= 11 is 2.05. The van der Waals surface area contributed by atoms with Gasteiger partial charge >= 0.3 is 0 Å². The molecule has 0 radical (unpaired) electrons. The Morgan fingerprint density at radius 3 is 2.66 bits per heavy atom. The largest absolute Gasteiger partial charge is 0.493 e. The summed E-state index contributed by atoms with van der Waals surface area (Å²) in [5, 5.41) is 12.6. The lowest BCUT2D eigenvalue weighted by atomic mass is 10.1. The third kappa shape index (κ3) is 5.59. The van der Waals surface area contributed by atoms with Crippen LogP contribution in [-0.2, 0) is 6.61 Å². The van der Waals surface area contributed by atoms with Crippen LogP contribution in [0.2, 0.25) is 0 Å². The quantitative estimate of drug-likeness (QED) is 0.262. The topological polar surface area (TPSA) is 83.7 Å². The molecule has 6 nitrogen and oxygen atoms in total. The molecule has 0 heterocycles. The Hall–Kier alpha value is -3.52. The number of nitrogens with one attached hydrogen (secondary N) is 1. The number of ether oxygens (including phenoxy) is 2. The first-order valence-electron chi connectivity index (χ1n) is 9.19. The van der Waals surface area contributed by atoms with Gasteiger partial charge in [-0.1, -0.05) is 18.2 Å². The van der Waals surface area contributed by atoms with Crippen molar-refractivity contribution < 1.29 is 23.0 Å². The maximum atomic E-state index is 13.9. The molecule has 0 atom stereocenters. The van der Waals surface area contributed by atoms with Gasteiger partial charge in [0.2, 0.25) is 0 Å². The van der Waals surface area contributed by atoms with Crippen molar-refractivity contribution >= 4 is 34.7 Å². The molecule has 0 aromatic heterocycles. The average molecular weight is 547 g/mol. The number of nitrogens with zero attached hydrogens (tertiary/aromatic N) is 2. The third-order valence-corrected chi connectivity index (χ3v) is 5.11. The van der Waals surface area contributed by atoms with Crippen molar-refractivity contribution in [3.63, 3.8) is 0 Å². The Morgan fingerprint density at radius 2 is 1.97 bits per heavy atom. The van der Waals surface area contributed by atoms with E-state index in [4.69, 9.17) is 14.7 Å². The van der Waals surface area contributed by atoms with Crippen LogP contribution >= 0.6 is 22.6 Å². The van der Waals surface area contributed by atoms with Gasteiger partial charge in [0, 0.05) is 5.56 Å². The second kappa shape index (κ2) is 10.7. The summed E-state index contributed by atoms with van der Waals surface area (Å²) in [7, 11) is 1.47. The van der Waals surface area contributed by atoms with Gasteiger partial charge in [-0.05, 0) is 64.6 Å². The minimum Gasteiger partial charge on any atom is -0.493 e. The SMILES string of the molecule is COc1cc(/C=N\NC(=O)c2ccc(C#N)cc2F)cc(I)c1OCc1ccccc1F. The van der Waals surface area contributed by atoms with Gasteiger partial charge in [0.05, 0.1) is 34.1 Å². The molecular formula is C23H16F2IN3O3. The number of halogens is 3. The van der Waals surface area contributed by atoms with Gasteiger partial charge < -0.3 is 9.47 Å². The highest BCUT2D eigenvalue weighted by atomic mass is 127. The van der Waals surface area contributed by atoms with Gasteiger partial charge in [-0.2, -0.15) is 10.4 Å².